The van der Waals surface area contributed by atoms with Gasteiger partial charge in [0, 0.05) is 39.1 Å². The maximum absolute atomic E-state index is 11.4. The largest absolute Gasteiger partial charge is 0.516 e. The number of halogens is 6. The molecule has 2 atom stereocenters. The molecule has 0 saturated heterocycles. The second-order valence-corrected chi connectivity index (χ2v) is 21.1. The Morgan fingerprint density at radius 2 is 0.884 bits per heavy atom. The molecule has 43 heavy (non-hydrogen) atoms. The average molecular weight is 713 g/mol. The number of carbonyl (C=O) groups is 2. The van der Waals surface area contributed by atoms with Gasteiger partial charge in [0.1, 0.15) is 0 Å². The van der Waals surface area contributed by atoms with Crippen LogP contribution < -0.4 is 9.44 Å². The quantitative estimate of drug-likeness (QED) is 0.260. The monoisotopic (exact) mass is 712 g/mol. The summed E-state index contributed by atoms with van der Waals surface area (Å²) in [5, 5.41) is 0. The minimum atomic E-state index is -5.50. The van der Waals surface area contributed by atoms with Crippen LogP contribution in [0.4, 0.5) is 26.3 Å². The van der Waals surface area contributed by atoms with Crippen molar-refractivity contribution < 1.29 is 65.7 Å². The van der Waals surface area contributed by atoms with E-state index < -0.39 is 60.0 Å². The molecule has 2 amide bonds. The average Bonchev–Trinajstić information content (AvgIpc) is 2.87. The molecule has 2 unspecified atom stereocenters. The molecule has 0 bridgehead atoms. The Hall–Kier alpha value is -1.27. The first-order chi connectivity index (χ1) is 19.4. The van der Waals surface area contributed by atoms with Crippen molar-refractivity contribution in [1.29, 1.82) is 0 Å². The highest BCUT2D eigenvalue weighted by Crippen LogP contribution is 2.44. The standard InChI is InChI=1S/C16H34O3Si2.2C3H4F3NO3S/c1-17-20(3,15-11-7-5-8-12-15)19-21(4,18-2)16-13-9-6-10-14-16;2*1-2(8)7-11(9,10)3(4,5)6/h15-16H,5-14H2,1-4H3;2*1H3,(H,7,8). The first-order valence-electron chi connectivity index (χ1n) is 13.4. The van der Waals surface area contributed by atoms with E-state index in [1.807, 2.05) is 14.2 Å². The fraction of sp³-hybridized carbons (Fsp3) is 0.909. The highest BCUT2D eigenvalue weighted by molar-refractivity contribution is 7.91. The van der Waals surface area contributed by atoms with Crippen LogP contribution in [-0.4, -0.2) is 71.0 Å². The van der Waals surface area contributed by atoms with Crippen LogP contribution in [0.5, 0.6) is 0 Å². The van der Waals surface area contributed by atoms with Crippen molar-refractivity contribution in [3.63, 3.8) is 0 Å². The van der Waals surface area contributed by atoms with Gasteiger partial charge < -0.3 is 13.0 Å². The van der Waals surface area contributed by atoms with E-state index in [1.165, 1.54) is 64.2 Å². The van der Waals surface area contributed by atoms with Crippen LogP contribution in [0.25, 0.3) is 0 Å². The lowest BCUT2D eigenvalue weighted by Gasteiger charge is -2.44. The Morgan fingerprint density at radius 1 is 0.628 bits per heavy atom. The number of rotatable bonds is 8. The topological polar surface area (TPSA) is 154 Å². The smallest absolute Gasteiger partial charge is 0.414 e. The second-order valence-electron chi connectivity index (χ2n) is 10.4. The first kappa shape index (κ1) is 41.7. The lowest BCUT2D eigenvalue weighted by atomic mass is 10.0. The zero-order valence-corrected chi connectivity index (χ0v) is 28.6. The van der Waals surface area contributed by atoms with Gasteiger partial charge in [0.05, 0.1) is 0 Å². The molecule has 2 N–H and O–H groups in total. The van der Waals surface area contributed by atoms with E-state index in [2.05, 4.69) is 13.1 Å². The van der Waals surface area contributed by atoms with Gasteiger partial charge in [-0.3, -0.25) is 9.59 Å². The zero-order valence-electron chi connectivity index (χ0n) is 25.0. The van der Waals surface area contributed by atoms with Crippen LogP contribution in [0, 0.1) is 0 Å². The molecule has 0 aromatic rings. The Kier molecular flexibility index (Phi) is 16.4. The predicted molar refractivity (Wildman–Crippen MR) is 150 cm³/mol. The number of amides is 2. The van der Waals surface area contributed by atoms with Gasteiger partial charge in [0.25, 0.3) is 0 Å². The molecular formula is C22H42F6N2O9S2Si2. The highest BCUT2D eigenvalue weighted by atomic mass is 32.2. The van der Waals surface area contributed by atoms with Crippen LogP contribution in [-0.2, 0) is 42.6 Å². The van der Waals surface area contributed by atoms with E-state index in [4.69, 9.17) is 13.0 Å². The van der Waals surface area contributed by atoms with E-state index in [0.29, 0.717) is 24.9 Å². The number of nitrogens with one attached hydrogen (secondary N) is 2. The van der Waals surface area contributed by atoms with Gasteiger partial charge in [-0.2, -0.15) is 43.2 Å². The summed E-state index contributed by atoms with van der Waals surface area (Å²) >= 11 is 0. The maximum Gasteiger partial charge on any atom is 0.516 e. The van der Waals surface area contributed by atoms with Crippen LogP contribution >= 0.6 is 0 Å². The summed E-state index contributed by atoms with van der Waals surface area (Å²) in [6.07, 6.45) is 13.3. The zero-order chi connectivity index (χ0) is 33.9. The lowest BCUT2D eigenvalue weighted by molar-refractivity contribution is -0.118. The highest BCUT2D eigenvalue weighted by Gasteiger charge is 2.51. The molecule has 0 aromatic carbocycles. The molecule has 2 rings (SSSR count). The molecule has 0 aliphatic heterocycles. The third-order valence-corrected chi connectivity index (χ3v) is 18.4. The maximum atomic E-state index is 11.4. The minimum absolute atomic E-state index is 0.654. The molecule has 0 radical (unpaired) electrons. The molecule has 0 heterocycles. The molecule has 256 valence electrons. The van der Waals surface area contributed by atoms with Gasteiger partial charge in [0.15, 0.2) is 0 Å². The first-order valence-corrected chi connectivity index (χ1v) is 21.1. The van der Waals surface area contributed by atoms with E-state index in [1.54, 1.807) is 0 Å². The Bertz CT molecular complexity index is 1030. The summed E-state index contributed by atoms with van der Waals surface area (Å²) in [6, 6.07) is 0. The van der Waals surface area contributed by atoms with Crippen molar-refractivity contribution in [2.75, 3.05) is 14.2 Å². The number of alkyl halides is 6. The Balaban J connectivity index is 0.000000682. The van der Waals surface area contributed by atoms with Gasteiger partial charge in [-0.05, 0) is 38.8 Å². The Morgan fingerprint density at radius 3 is 1.05 bits per heavy atom. The van der Waals surface area contributed by atoms with Crippen molar-refractivity contribution >= 4 is 49.0 Å². The number of hydrogen-bond acceptors (Lipinski definition) is 9. The summed E-state index contributed by atoms with van der Waals surface area (Å²) in [5.41, 5.74) is -9.55. The molecular weight excluding hydrogens is 671 g/mol. The Labute approximate surface area is 251 Å². The summed E-state index contributed by atoms with van der Waals surface area (Å²) in [7, 11) is -11.5. The number of carbonyl (C=O) groups excluding carboxylic acids is 2. The fourth-order valence-corrected chi connectivity index (χ4v) is 14.5. The summed E-state index contributed by atoms with van der Waals surface area (Å²) in [4.78, 5) is 19.8. The predicted octanol–water partition coefficient (Wildman–Crippen LogP) is 5.05. The fourth-order valence-electron chi connectivity index (χ4n) is 4.73. The third-order valence-electron chi connectivity index (χ3n) is 7.08. The van der Waals surface area contributed by atoms with Crippen molar-refractivity contribution in [2.24, 2.45) is 0 Å². The molecule has 2 saturated carbocycles. The van der Waals surface area contributed by atoms with Gasteiger partial charge in [-0.1, -0.05) is 38.5 Å². The van der Waals surface area contributed by atoms with Gasteiger partial charge in [-0.15, -0.1) is 0 Å². The van der Waals surface area contributed by atoms with Crippen LogP contribution in [0.1, 0.15) is 78.1 Å². The van der Waals surface area contributed by atoms with Crippen LogP contribution in [0.3, 0.4) is 0 Å². The molecule has 2 aliphatic carbocycles. The molecule has 21 heteroatoms. The SMILES string of the molecule is CC(=O)NS(=O)(=O)C(F)(F)F.CC(=O)NS(=O)(=O)C(F)(F)F.CO[Si](C)(O[Si](C)(OC)C1CCCCC1)C1CCCCC1. The van der Waals surface area contributed by atoms with E-state index in [-0.39, 0.29) is 0 Å². The van der Waals surface area contributed by atoms with Crippen LogP contribution in [0.15, 0.2) is 0 Å². The summed E-state index contributed by atoms with van der Waals surface area (Å²) < 4.78 is 129. The van der Waals surface area contributed by atoms with Crippen molar-refractivity contribution in [3.05, 3.63) is 0 Å². The summed E-state index contributed by atoms with van der Waals surface area (Å²) in [5.74, 6) is -2.55. The lowest BCUT2D eigenvalue weighted by Crippen LogP contribution is -2.56. The molecule has 2 fully saturated rings. The normalized spacial score (nSPS) is 20.2. The molecule has 2 aliphatic rings. The van der Waals surface area contributed by atoms with Crippen molar-refractivity contribution in [2.45, 2.75) is 113 Å². The van der Waals surface area contributed by atoms with Gasteiger partial charge in [0.2, 0.25) is 11.8 Å². The number of sulfonamides is 2. The number of hydrogen-bond donors (Lipinski definition) is 2. The second kappa shape index (κ2) is 16.9. The van der Waals surface area contributed by atoms with Crippen molar-refractivity contribution in [3.8, 4) is 0 Å². The molecule has 11 nitrogen and oxygen atoms in total. The van der Waals surface area contributed by atoms with Crippen molar-refractivity contribution in [1.82, 2.24) is 9.44 Å². The van der Waals surface area contributed by atoms with Crippen LogP contribution in [0.2, 0.25) is 24.2 Å². The van der Waals surface area contributed by atoms with Gasteiger partial charge in [-0.25, -0.2) is 9.44 Å². The van der Waals surface area contributed by atoms with E-state index in [9.17, 15) is 52.8 Å². The third kappa shape index (κ3) is 13.7. The summed E-state index contributed by atoms with van der Waals surface area (Å²) in [6.45, 7) is 5.92. The van der Waals surface area contributed by atoms with E-state index >= 15 is 0 Å². The van der Waals surface area contributed by atoms with Gasteiger partial charge >= 0.3 is 48.2 Å². The van der Waals surface area contributed by atoms with E-state index in [0.717, 1.165) is 9.44 Å². The minimum Gasteiger partial charge on any atom is -0.414 e. The molecule has 0 spiro atoms. The molecule has 0 aromatic heterocycles.